The van der Waals surface area contributed by atoms with Crippen LogP contribution in [0.3, 0.4) is 0 Å². The van der Waals surface area contributed by atoms with E-state index in [9.17, 15) is 4.79 Å². The molecule has 0 atom stereocenters. The lowest BCUT2D eigenvalue weighted by molar-refractivity contribution is -0.124. The van der Waals surface area contributed by atoms with Crippen molar-refractivity contribution in [1.82, 2.24) is 14.7 Å². The van der Waals surface area contributed by atoms with Crippen LogP contribution in [0, 0.1) is 0 Å². The van der Waals surface area contributed by atoms with E-state index in [2.05, 4.69) is 0 Å². The fourth-order valence-corrected chi connectivity index (χ4v) is 6.80. The molecular formula is C32H28ClN3O2S2. The van der Waals surface area contributed by atoms with Gasteiger partial charge in [-0.3, -0.25) is 9.69 Å². The minimum Gasteiger partial charge on any atom is -0.489 e. The predicted octanol–water partition coefficient (Wildman–Crippen LogP) is 8.31. The van der Waals surface area contributed by atoms with Crippen molar-refractivity contribution in [2.45, 2.75) is 44.8 Å². The van der Waals surface area contributed by atoms with Gasteiger partial charge in [-0.2, -0.15) is 5.10 Å². The molecule has 2 fully saturated rings. The summed E-state index contributed by atoms with van der Waals surface area (Å²) in [5.74, 6) is 0.707. The fraction of sp³-hybridized carbons (Fsp3) is 0.219. The van der Waals surface area contributed by atoms with Gasteiger partial charge in [0, 0.05) is 34.0 Å². The maximum Gasteiger partial charge on any atom is 0.266 e. The number of halogens is 1. The third-order valence-electron chi connectivity index (χ3n) is 7.27. The predicted molar refractivity (Wildman–Crippen MR) is 167 cm³/mol. The molecule has 1 amide bonds. The van der Waals surface area contributed by atoms with Gasteiger partial charge in [0.25, 0.3) is 5.91 Å². The second kappa shape index (κ2) is 12.0. The summed E-state index contributed by atoms with van der Waals surface area (Å²) >= 11 is 13.4. The van der Waals surface area contributed by atoms with E-state index in [1.165, 1.54) is 18.2 Å². The Hall–Kier alpha value is -3.39. The minimum absolute atomic E-state index is 0.00265. The maximum absolute atomic E-state index is 13.5. The number of aromatic nitrogens is 2. The quantitative estimate of drug-likeness (QED) is 0.161. The average molecular weight is 586 g/mol. The molecule has 2 aliphatic rings. The van der Waals surface area contributed by atoms with Crippen LogP contribution in [-0.4, -0.2) is 30.9 Å². The molecule has 6 rings (SSSR count). The normalized spacial score (nSPS) is 17.1. The van der Waals surface area contributed by atoms with E-state index in [1.807, 2.05) is 101 Å². The molecule has 4 aromatic rings. The molecule has 0 spiro atoms. The van der Waals surface area contributed by atoms with Gasteiger partial charge in [0.05, 0.1) is 10.6 Å². The molecule has 5 nitrogen and oxygen atoms in total. The summed E-state index contributed by atoms with van der Waals surface area (Å²) in [6.45, 7) is 0.359. The summed E-state index contributed by atoms with van der Waals surface area (Å²) in [6, 6.07) is 25.7. The van der Waals surface area contributed by atoms with Crippen LogP contribution in [0.4, 0.5) is 0 Å². The first-order valence-corrected chi connectivity index (χ1v) is 15.1. The van der Waals surface area contributed by atoms with Gasteiger partial charge in [-0.1, -0.05) is 103 Å². The molecule has 0 radical (unpaired) electrons. The van der Waals surface area contributed by atoms with Crippen LogP contribution in [0.15, 0.2) is 90.0 Å². The highest BCUT2D eigenvalue weighted by molar-refractivity contribution is 8.26. The van der Waals surface area contributed by atoms with Crippen LogP contribution < -0.4 is 4.74 Å². The van der Waals surface area contributed by atoms with Crippen LogP contribution in [0.25, 0.3) is 23.0 Å². The zero-order valence-corrected chi connectivity index (χ0v) is 24.2. The SMILES string of the molecule is O=C1C(=Cc2cn(-c3ccccc3)nc2-c2cccc(OCc3ccccc3Cl)c2)SC(=S)N1C1CCCCC1. The van der Waals surface area contributed by atoms with Crippen LogP contribution >= 0.6 is 35.6 Å². The molecule has 1 aromatic heterocycles. The van der Waals surface area contributed by atoms with Gasteiger partial charge >= 0.3 is 0 Å². The van der Waals surface area contributed by atoms with E-state index in [-0.39, 0.29) is 11.9 Å². The van der Waals surface area contributed by atoms with Crippen LogP contribution in [0.2, 0.25) is 5.02 Å². The van der Waals surface area contributed by atoms with Crippen molar-refractivity contribution in [2.75, 3.05) is 0 Å². The lowest BCUT2D eigenvalue weighted by Gasteiger charge is -2.29. The highest BCUT2D eigenvalue weighted by Crippen LogP contribution is 2.39. The Bertz CT molecular complexity index is 1580. The maximum atomic E-state index is 13.5. The van der Waals surface area contributed by atoms with Crippen molar-refractivity contribution in [3.05, 3.63) is 106 Å². The first-order valence-electron chi connectivity index (χ1n) is 13.5. The van der Waals surface area contributed by atoms with Gasteiger partial charge < -0.3 is 4.74 Å². The molecule has 0 N–H and O–H groups in total. The summed E-state index contributed by atoms with van der Waals surface area (Å²) in [6.07, 6.45) is 9.43. The van der Waals surface area contributed by atoms with Gasteiger partial charge in [-0.05, 0) is 49.2 Å². The molecule has 3 aromatic carbocycles. The number of carbonyl (C=O) groups is 1. The first-order chi connectivity index (χ1) is 19.6. The highest BCUT2D eigenvalue weighted by Gasteiger charge is 2.37. The van der Waals surface area contributed by atoms with Crippen molar-refractivity contribution in [3.63, 3.8) is 0 Å². The number of thioether (sulfide) groups is 1. The molecule has 1 aliphatic carbocycles. The van der Waals surface area contributed by atoms with Crippen LogP contribution in [-0.2, 0) is 11.4 Å². The van der Waals surface area contributed by atoms with E-state index >= 15 is 0 Å². The van der Waals surface area contributed by atoms with E-state index in [1.54, 1.807) is 0 Å². The van der Waals surface area contributed by atoms with Gasteiger partial charge in [0.2, 0.25) is 0 Å². The van der Waals surface area contributed by atoms with Gasteiger partial charge in [-0.15, -0.1) is 0 Å². The third-order valence-corrected chi connectivity index (χ3v) is 8.97. The summed E-state index contributed by atoms with van der Waals surface area (Å²) in [7, 11) is 0. The Kier molecular flexibility index (Phi) is 8.05. The monoisotopic (exact) mass is 585 g/mol. The Morgan fingerprint density at radius 2 is 1.77 bits per heavy atom. The van der Waals surface area contributed by atoms with Crippen molar-refractivity contribution in [2.24, 2.45) is 0 Å². The molecule has 0 bridgehead atoms. The summed E-state index contributed by atoms with van der Waals surface area (Å²) < 4.78 is 8.59. The number of hydrogen-bond acceptors (Lipinski definition) is 5. The molecule has 40 heavy (non-hydrogen) atoms. The minimum atomic E-state index is -0.00265. The number of carbonyl (C=O) groups excluding carboxylic acids is 1. The van der Waals surface area contributed by atoms with E-state index < -0.39 is 0 Å². The van der Waals surface area contributed by atoms with Crippen molar-refractivity contribution >= 4 is 51.9 Å². The molecular weight excluding hydrogens is 558 g/mol. The summed E-state index contributed by atoms with van der Waals surface area (Å²) in [5, 5.41) is 5.62. The van der Waals surface area contributed by atoms with Gasteiger partial charge in [-0.25, -0.2) is 4.68 Å². The zero-order valence-electron chi connectivity index (χ0n) is 21.8. The smallest absolute Gasteiger partial charge is 0.266 e. The lowest BCUT2D eigenvalue weighted by atomic mass is 9.94. The van der Waals surface area contributed by atoms with Crippen LogP contribution in [0.5, 0.6) is 5.75 Å². The number of hydrogen-bond donors (Lipinski definition) is 0. The Morgan fingerprint density at radius 3 is 2.58 bits per heavy atom. The second-order valence-electron chi connectivity index (χ2n) is 9.96. The van der Waals surface area contributed by atoms with E-state index in [0.29, 0.717) is 26.6 Å². The molecule has 2 heterocycles. The Morgan fingerprint density at radius 1 is 1.00 bits per heavy atom. The van der Waals surface area contributed by atoms with Crippen LogP contribution in [0.1, 0.15) is 43.2 Å². The number of ether oxygens (including phenoxy) is 1. The van der Waals surface area contributed by atoms with Crippen molar-refractivity contribution in [3.8, 4) is 22.7 Å². The van der Waals surface area contributed by atoms with Gasteiger partial charge in [0.15, 0.2) is 0 Å². The highest BCUT2D eigenvalue weighted by atomic mass is 35.5. The Labute approximate surface area is 248 Å². The van der Waals surface area contributed by atoms with Gasteiger partial charge in [0.1, 0.15) is 22.4 Å². The summed E-state index contributed by atoms with van der Waals surface area (Å²) in [5.41, 5.74) is 4.35. The number of nitrogens with zero attached hydrogens (tertiary/aromatic N) is 3. The fourth-order valence-electron chi connectivity index (χ4n) is 5.22. The number of para-hydroxylation sites is 1. The van der Waals surface area contributed by atoms with Crippen molar-refractivity contribution in [1.29, 1.82) is 0 Å². The molecule has 8 heteroatoms. The zero-order chi connectivity index (χ0) is 27.5. The average Bonchev–Trinajstić information content (AvgIpc) is 3.53. The number of thiocarbonyl (C=S) groups is 1. The summed E-state index contributed by atoms with van der Waals surface area (Å²) in [4.78, 5) is 16.0. The molecule has 202 valence electrons. The molecule has 1 saturated heterocycles. The second-order valence-corrected chi connectivity index (χ2v) is 12.0. The third kappa shape index (κ3) is 5.73. The number of amides is 1. The van der Waals surface area contributed by atoms with E-state index in [4.69, 9.17) is 33.7 Å². The number of rotatable bonds is 7. The number of benzene rings is 3. The first kappa shape index (κ1) is 26.8. The molecule has 1 saturated carbocycles. The molecule has 0 unspecified atom stereocenters. The van der Waals surface area contributed by atoms with Crippen molar-refractivity contribution < 1.29 is 9.53 Å². The largest absolute Gasteiger partial charge is 0.489 e. The molecule has 1 aliphatic heterocycles. The van der Waals surface area contributed by atoms with E-state index in [0.717, 1.165) is 53.8 Å². The topological polar surface area (TPSA) is 47.4 Å². The lowest BCUT2D eigenvalue weighted by Crippen LogP contribution is -2.39. The Balaban J connectivity index is 1.34. The standard InChI is InChI=1S/C32H28ClN3O2S2/c33-28-17-8-7-10-23(28)21-38-27-16-9-11-22(18-27)30-24(20-35(34-30)25-12-3-1-4-13-25)19-29-31(37)36(32(39)40-29)26-14-5-2-6-15-26/h1,3-4,7-13,16-20,26H,2,5-6,14-15,21H2.